The lowest BCUT2D eigenvalue weighted by Gasteiger charge is -2.07. The summed E-state index contributed by atoms with van der Waals surface area (Å²) in [4.78, 5) is 23.9. The van der Waals surface area contributed by atoms with Crippen molar-refractivity contribution in [2.45, 2.75) is 6.92 Å². The molecule has 0 spiro atoms. The van der Waals surface area contributed by atoms with Crippen LogP contribution in [0.5, 0.6) is 0 Å². The molecule has 1 heterocycles. The van der Waals surface area contributed by atoms with Crippen molar-refractivity contribution in [3.63, 3.8) is 0 Å². The van der Waals surface area contributed by atoms with Gasteiger partial charge < -0.3 is 10.1 Å². The summed E-state index contributed by atoms with van der Waals surface area (Å²) >= 11 is 0. The lowest BCUT2D eigenvalue weighted by atomic mass is 10.1. The third kappa shape index (κ3) is 3.86. The summed E-state index contributed by atoms with van der Waals surface area (Å²) in [5.41, 5.74) is 2.26. The van der Waals surface area contributed by atoms with Gasteiger partial charge in [-0.3, -0.25) is 4.79 Å². The van der Waals surface area contributed by atoms with E-state index in [0.29, 0.717) is 23.4 Å². The van der Waals surface area contributed by atoms with Gasteiger partial charge in [0, 0.05) is 11.3 Å². The number of nitrogens with zero attached hydrogens (tertiary/aromatic N) is 4. The van der Waals surface area contributed by atoms with Crippen LogP contribution in [0.15, 0.2) is 54.9 Å². The van der Waals surface area contributed by atoms with Gasteiger partial charge in [-0.2, -0.15) is 0 Å². The minimum absolute atomic E-state index is 0.257. The summed E-state index contributed by atoms with van der Waals surface area (Å²) in [6, 6.07) is 13.4. The molecule has 8 heteroatoms. The van der Waals surface area contributed by atoms with E-state index >= 15 is 0 Å². The Bertz CT molecular complexity index is 858. The van der Waals surface area contributed by atoms with Crippen LogP contribution < -0.4 is 5.32 Å². The number of rotatable bonds is 5. The highest BCUT2D eigenvalue weighted by Gasteiger charge is 2.09. The number of amides is 1. The average molecular weight is 337 g/mol. The summed E-state index contributed by atoms with van der Waals surface area (Å²) in [7, 11) is 0. The number of tetrazole rings is 1. The lowest BCUT2D eigenvalue weighted by Crippen LogP contribution is -2.12. The molecule has 3 rings (SSSR count). The summed E-state index contributed by atoms with van der Waals surface area (Å²) in [5.74, 6) is -0.647. The number of hydrogen-bond donors (Lipinski definition) is 1. The van der Waals surface area contributed by atoms with E-state index in [1.54, 1.807) is 55.5 Å². The van der Waals surface area contributed by atoms with Gasteiger partial charge in [0.25, 0.3) is 5.91 Å². The topological polar surface area (TPSA) is 99.0 Å². The molecule has 1 aromatic heterocycles. The quantitative estimate of drug-likeness (QED) is 0.716. The van der Waals surface area contributed by atoms with Gasteiger partial charge in [-0.15, -0.1) is 5.10 Å². The Morgan fingerprint density at radius 3 is 2.32 bits per heavy atom. The highest BCUT2D eigenvalue weighted by molar-refractivity contribution is 6.04. The van der Waals surface area contributed by atoms with Crippen LogP contribution in [0.1, 0.15) is 27.6 Å². The molecule has 1 N–H and O–H groups in total. The molecule has 0 bridgehead atoms. The van der Waals surface area contributed by atoms with E-state index in [1.165, 1.54) is 11.0 Å². The van der Waals surface area contributed by atoms with Gasteiger partial charge >= 0.3 is 5.97 Å². The van der Waals surface area contributed by atoms with Crippen molar-refractivity contribution in [3.05, 3.63) is 66.0 Å². The second kappa shape index (κ2) is 7.35. The van der Waals surface area contributed by atoms with Crippen molar-refractivity contribution in [2.24, 2.45) is 0 Å². The maximum Gasteiger partial charge on any atom is 0.338 e. The zero-order valence-corrected chi connectivity index (χ0v) is 13.4. The SMILES string of the molecule is CCOC(=O)c1ccc(NC(=O)c2ccc(-n3cnnn3)cc2)cc1. The smallest absolute Gasteiger partial charge is 0.338 e. The molecule has 2 aromatic carbocycles. The highest BCUT2D eigenvalue weighted by Crippen LogP contribution is 2.13. The van der Waals surface area contributed by atoms with E-state index in [-0.39, 0.29) is 5.91 Å². The van der Waals surface area contributed by atoms with Gasteiger partial charge in [-0.05, 0) is 65.9 Å². The van der Waals surface area contributed by atoms with Crippen molar-refractivity contribution >= 4 is 17.6 Å². The molecule has 25 heavy (non-hydrogen) atoms. The Hall–Kier alpha value is -3.55. The van der Waals surface area contributed by atoms with Crippen LogP contribution in [-0.2, 0) is 4.74 Å². The molecule has 3 aromatic rings. The molecule has 0 saturated heterocycles. The Morgan fingerprint density at radius 2 is 1.72 bits per heavy atom. The number of aromatic nitrogens is 4. The molecule has 0 aliphatic rings. The Morgan fingerprint density at radius 1 is 1.04 bits per heavy atom. The molecule has 0 fully saturated rings. The van der Waals surface area contributed by atoms with Crippen molar-refractivity contribution in [1.29, 1.82) is 0 Å². The molecular formula is C17H15N5O3. The van der Waals surface area contributed by atoms with E-state index < -0.39 is 5.97 Å². The molecule has 1 amide bonds. The van der Waals surface area contributed by atoms with Crippen LogP contribution in [0.25, 0.3) is 5.69 Å². The first-order valence-electron chi connectivity index (χ1n) is 7.59. The number of nitrogens with one attached hydrogen (secondary N) is 1. The number of esters is 1. The number of benzene rings is 2. The second-order valence-corrected chi connectivity index (χ2v) is 5.05. The highest BCUT2D eigenvalue weighted by atomic mass is 16.5. The number of ether oxygens (including phenoxy) is 1. The molecule has 0 aliphatic heterocycles. The minimum atomic E-state index is -0.390. The standard InChI is InChI=1S/C17H15N5O3/c1-2-25-17(24)13-3-7-14(8-4-13)19-16(23)12-5-9-15(10-6-12)22-11-18-20-21-22/h3-11H,2H2,1H3,(H,19,23). The molecule has 8 nitrogen and oxygen atoms in total. The maximum atomic E-state index is 12.3. The first kappa shape index (κ1) is 16.3. The number of carbonyl (C=O) groups is 2. The summed E-state index contributed by atoms with van der Waals surface area (Å²) in [6.07, 6.45) is 1.47. The van der Waals surface area contributed by atoms with Crippen molar-refractivity contribution < 1.29 is 14.3 Å². The molecule has 0 aliphatic carbocycles. The van der Waals surface area contributed by atoms with Gasteiger partial charge in [0.15, 0.2) is 0 Å². The van der Waals surface area contributed by atoms with Crippen LogP contribution in [0, 0.1) is 0 Å². The fourth-order valence-corrected chi connectivity index (χ4v) is 2.15. The fraction of sp³-hybridized carbons (Fsp3) is 0.118. The predicted molar refractivity (Wildman–Crippen MR) is 89.5 cm³/mol. The van der Waals surface area contributed by atoms with E-state index in [1.807, 2.05) is 0 Å². The monoisotopic (exact) mass is 337 g/mol. The summed E-state index contributed by atoms with van der Waals surface area (Å²) in [5, 5.41) is 13.7. The lowest BCUT2D eigenvalue weighted by molar-refractivity contribution is 0.0526. The third-order valence-electron chi connectivity index (χ3n) is 3.40. The zero-order valence-electron chi connectivity index (χ0n) is 13.4. The number of hydrogen-bond acceptors (Lipinski definition) is 6. The zero-order chi connectivity index (χ0) is 17.6. The summed E-state index contributed by atoms with van der Waals surface area (Å²) in [6.45, 7) is 2.06. The summed E-state index contributed by atoms with van der Waals surface area (Å²) < 4.78 is 6.41. The van der Waals surface area contributed by atoms with Crippen molar-refractivity contribution in [2.75, 3.05) is 11.9 Å². The Labute approximate surface area is 143 Å². The van der Waals surface area contributed by atoms with Gasteiger partial charge in [0.05, 0.1) is 17.9 Å². The third-order valence-corrected chi connectivity index (χ3v) is 3.40. The largest absolute Gasteiger partial charge is 0.462 e. The van der Waals surface area contributed by atoms with Gasteiger partial charge in [0.2, 0.25) is 0 Å². The van der Waals surface area contributed by atoms with Gasteiger partial charge in [0.1, 0.15) is 6.33 Å². The van der Waals surface area contributed by atoms with Crippen LogP contribution in [0.4, 0.5) is 5.69 Å². The van der Waals surface area contributed by atoms with E-state index in [9.17, 15) is 9.59 Å². The van der Waals surface area contributed by atoms with Crippen LogP contribution in [0.2, 0.25) is 0 Å². The van der Waals surface area contributed by atoms with E-state index in [4.69, 9.17) is 4.74 Å². The van der Waals surface area contributed by atoms with Crippen molar-refractivity contribution in [3.8, 4) is 5.69 Å². The fourth-order valence-electron chi connectivity index (χ4n) is 2.15. The van der Waals surface area contributed by atoms with E-state index in [0.717, 1.165) is 5.69 Å². The molecule has 0 unspecified atom stereocenters. The molecule has 0 saturated carbocycles. The maximum absolute atomic E-state index is 12.3. The molecule has 0 atom stereocenters. The predicted octanol–water partition coefficient (Wildman–Crippen LogP) is 2.09. The first-order chi connectivity index (χ1) is 12.2. The molecular weight excluding hydrogens is 322 g/mol. The van der Waals surface area contributed by atoms with Gasteiger partial charge in [-0.25, -0.2) is 9.48 Å². The first-order valence-corrected chi connectivity index (χ1v) is 7.59. The van der Waals surface area contributed by atoms with Crippen LogP contribution in [0.3, 0.4) is 0 Å². The van der Waals surface area contributed by atoms with Gasteiger partial charge in [-0.1, -0.05) is 0 Å². The van der Waals surface area contributed by atoms with Crippen LogP contribution >= 0.6 is 0 Å². The second-order valence-electron chi connectivity index (χ2n) is 5.05. The van der Waals surface area contributed by atoms with Crippen molar-refractivity contribution in [1.82, 2.24) is 20.2 Å². The van der Waals surface area contributed by atoms with Crippen LogP contribution in [-0.4, -0.2) is 38.7 Å². The van der Waals surface area contributed by atoms with E-state index in [2.05, 4.69) is 20.8 Å². The molecule has 0 radical (unpaired) electrons. The number of anilines is 1. The average Bonchev–Trinajstić information content (AvgIpc) is 3.17. The normalized spacial score (nSPS) is 10.3. The Kier molecular flexibility index (Phi) is 4.79. The molecule has 126 valence electrons. The number of carbonyl (C=O) groups excluding carboxylic acids is 2. The minimum Gasteiger partial charge on any atom is -0.462 e. The Balaban J connectivity index is 1.66.